The van der Waals surface area contributed by atoms with Gasteiger partial charge in [0.25, 0.3) is 0 Å². The number of rotatable bonds is 6. The first kappa shape index (κ1) is 18.9. The molecule has 0 aliphatic carbocycles. The van der Waals surface area contributed by atoms with Crippen LogP contribution in [0.1, 0.15) is 18.5 Å². The van der Waals surface area contributed by atoms with Crippen molar-refractivity contribution < 1.29 is 13.2 Å². The molecule has 0 aromatic heterocycles. The van der Waals surface area contributed by atoms with Crippen LogP contribution in [0, 0.1) is 0 Å². The summed E-state index contributed by atoms with van der Waals surface area (Å²) in [6.07, 6.45) is 1.23. The Morgan fingerprint density at radius 1 is 1.12 bits per heavy atom. The van der Waals surface area contributed by atoms with Crippen molar-refractivity contribution in [1.29, 1.82) is 0 Å². The Kier molecular flexibility index (Phi) is 5.77. The Hall–Kier alpha value is -2.44. The fourth-order valence-corrected chi connectivity index (χ4v) is 3.54. The second-order valence-electron chi connectivity index (χ2n) is 5.84. The van der Waals surface area contributed by atoms with E-state index in [9.17, 15) is 13.2 Å². The number of amides is 1. The SMILES string of the molecule is C=CC(=O)N[C@H](C)c1ccc(-c2ccccc2S(=O)(=O)N(C)C)cc1. The molecule has 0 unspecified atom stereocenters. The minimum atomic E-state index is -3.54. The van der Waals surface area contributed by atoms with Gasteiger partial charge in [0, 0.05) is 19.7 Å². The van der Waals surface area contributed by atoms with Gasteiger partial charge in [0.15, 0.2) is 0 Å². The molecule has 0 aliphatic rings. The molecular weight excluding hydrogens is 336 g/mol. The molecule has 0 spiro atoms. The van der Waals surface area contributed by atoms with Crippen molar-refractivity contribution in [2.45, 2.75) is 17.9 Å². The maximum absolute atomic E-state index is 12.5. The van der Waals surface area contributed by atoms with E-state index < -0.39 is 10.0 Å². The summed E-state index contributed by atoms with van der Waals surface area (Å²) in [5.41, 5.74) is 2.37. The number of hydrogen-bond acceptors (Lipinski definition) is 3. The van der Waals surface area contributed by atoms with E-state index in [1.807, 2.05) is 37.3 Å². The normalized spacial score (nSPS) is 12.6. The molecule has 1 amide bonds. The maximum Gasteiger partial charge on any atom is 0.243 e. The van der Waals surface area contributed by atoms with Gasteiger partial charge in [-0.05, 0) is 30.2 Å². The molecule has 2 rings (SSSR count). The van der Waals surface area contributed by atoms with Gasteiger partial charge < -0.3 is 5.32 Å². The van der Waals surface area contributed by atoms with Crippen LogP contribution in [0.15, 0.2) is 66.1 Å². The zero-order valence-electron chi connectivity index (χ0n) is 14.6. The summed E-state index contributed by atoms with van der Waals surface area (Å²) in [6, 6.07) is 14.2. The topological polar surface area (TPSA) is 66.5 Å². The van der Waals surface area contributed by atoms with Crippen LogP contribution < -0.4 is 5.32 Å². The molecular formula is C19H22N2O3S. The minimum absolute atomic E-state index is 0.166. The third-order valence-electron chi connectivity index (χ3n) is 3.91. The Labute approximate surface area is 149 Å². The highest BCUT2D eigenvalue weighted by molar-refractivity contribution is 7.89. The zero-order chi connectivity index (χ0) is 18.6. The molecule has 0 radical (unpaired) electrons. The molecule has 5 nitrogen and oxygen atoms in total. The highest BCUT2D eigenvalue weighted by Crippen LogP contribution is 2.29. The molecule has 6 heteroatoms. The smallest absolute Gasteiger partial charge is 0.243 e. The summed E-state index contributed by atoms with van der Waals surface area (Å²) in [5.74, 6) is -0.237. The average Bonchev–Trinajstić information content (AvgIpc) is 2.61. The number of carbonyl (C=O) groups is 1. The lowest BCUT2D eigenvalue weighted by atomic mass is 10.0. The van der Waals surface area contributed by atoms with Gasteiger partial charge in [0.05, 0.1) is 10.9 Å². The lowest BCUT2D eigenvalue weighted by Gasteiger charge is -2.16. The zero-order valence-corrected chi connectivity index (χ0v) is 15.4. The van der Waals surface area contributed by atoms with Gasteiger partial charge in [0.1, 0.15) is 0 Å². The van der Waals surface area contributed by atoms with Gasteiger partial charge in [-0.1, -0.05) is 49.0 Å². The van der Waals surface area contributed by atoms with Gasteiger partial charge in [-0.2, -0.15) is 0 Å². The third kappa shape index (κ3) is 4.15. The molecule has 2 aromatic rings. The number of hydrogen-bond donors (Lipinski definition) is 1. The van der Waals surface area contributed by atoms with Crippen molar-refractivity contribution in [2.75, 3.05) is 14.1 Å². The first-order chi connectivity index (χ1) is 11.8. The van der Waals surface area contributed by atoms with Gasteiger partial charge in [-0.3, -0.25) is 4.79 Å². The second kappa shape index (κ2) is 7.63. The molecule has 0 bridgehead atoms. The summed E-state index contributed by atoms with van der Waals surface area (Å²) in [7, 11) is -0.510. The molecule has 1 atom stereocenters. The molecule has 0 aliphatic heterocycles. The molecule has 0 heterocycles. The summed E-state index contributed by atoms with van der Waals surface area (Å²) in [5, 5.41) is 2.80. The highest BCUT2D eigenvalue weighted by Gasteiger charge is 2.21. The molecule has 1 N–H and O–H groups in total. The predicted molar refractivity (Wildman–Crippen MR) is 99.5 cm³/mol. The number of nitrogens with zero attached hydrogens (tertiary/aromatic N) is 1. The van der Waals surface area contributed by atoms with E-state index in [1.165, 1.54) is 24.5 Å². The largest absolute Gasteiger partial charge is 0.346 e. The lowest BCUT2D eigenvalue weighted by molar-refractivity contribution is -0.117. The van der Waals surface area contributed by atoms with Crippen molar-refractivity contribution in [3.05, 3.63) is 66.7 Å². The molecule has 25 heavy (non-hydrogen) atoms. The second-order valence-corrected chi connectivity index (χ2v) is 7.96. The molecule has 0 fully saturated rings. The molecule has 0 saturated heterocycles. The quantitative estimate of drug-likeness (QED) is 0.808. The predicted octanol–water partition coefficient (Wildman–Crippen LogP) is 2.97. The first-order valence-electron chi connectivity index (χ1n) is 7.82. The van der Waals surface area contributed by atoms with E-state index in [2.05, 4.69) is 11.9 Å². The van der Waals surface area contributed by atoms with Crippen LogP contribution in [0.25, 0.3) is 11.1 Å². The fourth-order valence-electron chi connectivity index (χ4n) is 2.43. The Morgan fingerprint density at radius 3 is 2.28 bits per heavy atom. The highest BCUT2D eigenvalue weighted by atomic mass is 32.2. The standard InChI is InChI=1S/C19H22N2O3S/c1-5-19(22)20-14(2)15-10-12-16(13-11-15)17-8-6-7-9-18(17)25(23,24)21(3)4/h5-14H,1H2,2-4H3,(H,20,22)/t14-/m1/s1. The fraction of sp³-hybridized carbons (Fsp3) is 0.211. The van der Waals surface area contributed by atoms with Crippen molar-refractivity contribution in [3.8, 4) is 11.1 Å². The summed E-state index contributed by atoms with van der Waals surface area (Å²) in [4.78, 5) is 11.7. The van der Waals surface area contributed by atoms with Gasteiger partial charge in [-0.15, -0.1) is 0 Å². The number of carbonyl (C=O) groups excluding carboxylic acids is 1. The third-order valence-corrected chi connectivity index (χ3v) is 5.78. The van der Waals surface area contributed by atoms with Crippen LogP contribution in [0.2, 0.25) is 0 Å². The monoisotopic (exact) mass is 358 g/mol. The average molecular weight is 358 g/mol. The van der Waals surface area contributed by atoms with Crippen molar-refractivity contribution in [1.82, 2.24) is 9.62 Å². The van der Waals surface area contributed by atoms with Crippen LogP contribution in [0.4, 0.5) is 0 Å². The van der Waals surface area contributed by atoms with E-state index in [0.29, 0.717) is 5.56 Å². The van der Waals surface area contributed by atoms with E-state index in [4.69, 9.17) is 0 Å². The van der Waals surface area contributed by atoms with Crippen LogP contribution in [0.3, 0.4) is 0 Å². The number of sulfonamides is 1. The van der Waals surface area contributed by atoms with E-state index in [1.54, 1.807) is 18.2 Å². The molecule has 0 saturated carbocycles. The lowest BCUT2D eigenvalue weighted by Crippen LogP contribution is -2.24. The van der Waals surface area contributed by atoms with Crippen LogP contribution in [0.5, 0.6) is 0 Å². The van der Waals surface area contributed by atoms with Gasteiger partial charge in [0.2, 0.25) is 15.9 Å². The van der Waals surface area contributed by atoms with E-state index in [0.717, 1.165) is 11.1 Å². The van der Waals surface area contributed by atoms with Crippen molar-refractivity contribution in [3.63, 3.8) is 0 Å². The Balaban J connectivity index is 2.39. The summed E-state index contributed by atoms with van der Waals surface area (Å²) < 4.78 is 26.3. The van der Waals surface area contributed by atoms with Gasteiger partial charge in [-0.25, -0.2) is 12.7 Å². The van der Waals surface area contributed by atoms with E-state index in [-0.39, 0.29) is 16.8 Å². The minimum Gasteiger partial charge on any atom is -0.346 e. The molecule has 2 aromatic carbocycles. The Morgan fingerprint density at radius 2 is 1.72 bits per heavy atom. The Bertz CT molecular complexity index is 872. The van der Waals surface area contributed by atoms with Gasteiger partial charge >= 0.3 is 0 Å². The maximum atomic E-state index is 12.5. The van der Waals surface area contributed by atoms with Crippen LogP contribution in [-0.2, 0) is 14.8 Å². The molecule has 132 valence electrons. The van der Waals surface area contributed by atoms with E-state index >= 15 is 0 Å². The van der Waals surface area contributed by atoms with Crippen LogP contribution >= 0.6 is 0 Å². The number of benzene rings is 2. The first-order valence-corrected chi connectivity index (χ1v) is 9.26. The summed E-state index contributed by atoms with van der Waals surface area (Å²) >= 11 is 0. The number of nitrogens with one attached hydrogen (secondary N) is 1. The van der Waals surface area contributed by atoms with Crippen molar-refractivity contribution in [2.24, 2.45) is 0 Å². The summed E-state index contributed by atoms with van der Waals surface area (Å²) in [6.45, 7) is 5.31. The van der Waals surface area contributed by atoms with Crippen molar-refractivity contribution >= 4 is 15.9 Å². The van der Waals surface area contributed by atoms with Crippen LogP contribution in [-0.4, -0.2) is 32.7 Å².